The molecule has 0 saturated carbocycles. The van der Waals surface area contributed by atoms with Crippen LogP contribution in [0.4, 0.5) is 19.0 Å². The lowest BCUT2D eigenvalue weighted by molar-refractivity contribution is -0.140. The Hall–Kier alpha value is -2.69. The van der Waals surface area contributed by atoms with Crippen LogP contribution < -0.4 is 10.6 Å². The van der Waals surface area contributed by atoms with Crippen LogP contribution in [0, 0.1) is 0 Å². The molecule has 3 heterocycles. The van der Waals surface area contributed by atoms with Gasteiger partial charge in [0.2, 0.25) is 5.28 Å². The molecule has 1 unspecified atom stereocenters. The molecule has 0 radical (unpaired) electrons. The Morgan fingerprint density at radius 3 is 2.68 bits per heavy atom. The van der Waals surface area contributed by atoms with Gasteiger partial charge in [-0.1, -0.05) is 24.3 Å². The standard InChI is InChI=1S/C20H20ClF3N6O/c1-30-10-16(20(22,23)24)28-18(30)13-4-2-12(3-5-13)8-26-17-14(9-27-19(21)29-17)15-11-31-7-6-25-15/h2-5,9-10,15,25H,6-8,11H2,1H3,(H,26,27,29). The Balaban J connectivity index is 1.48. The Morgan fingerprint density at radius 1 is 1.26 bits per heavy atom. The molecule has 1 fully saturated rings. The molecule has 31 heavy (non-hydrogen) atoms. The number of ether oxygens (including phenoxy) is 1. The van der Waals surface area contributed by atoms with E-state index in [0.29, 0.717) is 31.1 Å². The molecule has 1 saturated heterocycles. The van der Waals surface area contributed by atoms with Crippen molar-refractivity contribution in [3.63, 3.8) is 0 Å². The minimum Gasteiger partial charge on any atom is -0.378 e. The van der Waals surface area contributed by atoms with Crippen molar-refractivity contribution in [1.29, 1.82) is 0 Å². The van der Waals surface area contributed by atoms with Crippen molar-refractivity contribution in [1.82, 2.24) is 24.8 Å². The van der Waals surface area contributed by atoms with E-state index in [4.69, 9.17) is 16.3 Å². The van der Waals surface area contributed by atoms with E-state index in [1.54, 1.807) is 18.3 Å². The Bertz CT molecular complexity index is 1050. The fourth-order valence-corrected chi connectivity index (χ4v) is 3.49. The molecule has 1 atom stereocenters. The highest BCUT2D eigenvalue weighted by atomic mass is 35.5. The van der Waals surface area contributed by atoms with E-state index in [2.05, 4.69) is 25.6 Å². The van der Waals surface area contributed by atoms with Crippen molar-refractivity contribution in [3.05, 3.63) is 58.8 Å². The Kier molecular flexibility index (Phi) is 6.12. The lowest BCUT2D eigenvalue weighted by Crippen LogP contribution is -2.35. The summed E-state index contributed by atoms with van der Waals surface area (Å²) in [6, 6.07) is 7.10. The SMILES string of the molecule is Cn1cc(C(F)(F)F)nc1-c1ccc(CNc2nc(Cl)ncc2C2COCCN2)cc1. The maximum atomic E-state index is 12.9. The summed E-state index contributed by atoms with van der Waals surface area (Å²) >= 11 is 5.97. The number of anilines is 1. The van der Waals surface area contributed by atoms with Crippen LogP contribution in [0.2, 0.25) is 5.28 Å². The number of hydrogen-bond donors (Lipinski definition) is 2. The fraction of sp³-hybridized carbons (Fsp3) is 0.350. The molecule has 7 nitrogen and oxygen atoms in total. The van der Waals surface area contributed by atoms with Gasteiger partial charge in [-0.15, -0.1) is 0 Å². The van der Waals surface area contributed by atoms with Crippen molar-refractivity contribution >= 4 is 17.4 Å². The molecule has 2 aromatic heterocycles. The lowest BCUT2D eigenvalue weighted by Gasteiger charge is -2.25. The monoisotopic (exact) mass is 452 g/mol. The van der Waals surface area contributed by atoms with E-state index in [1.807, 2.05) is 12.1 Å². The molecule has 4 rings (SSSR count). The van der Waals surface area contributed by atoms with E-state index in [9.17, 15) is 13.2 Å². The zero-order valence-electron chi connectivity index (χ0n) is 16.6. The van der Waals surface area contributed by atoms with Gasteiger partial charge in [-0.2, -0.15) is 13.2 Å². The van der Waals surface area contributed by atoms with Gasteiger partial charge in [-0.25, -0.2) is 15.0 Å². The van der Waals surface area contributed by atoms with Crippen molar-refractivity contribution in [2.24, 2.45) is 7.05 Å². The van der Waals surface area contributed by atoms with E-state index in [1.165, 1.54) is 11.6 Å². The van der Waals surface area contributed by atoms with Gasteiger partial charge >= 0.3 is 6.18 Å². The van der Waals surface area contributed by atoms with E-state index in [-0.39, 0.29) is 17.1 Å². The zero-order chi connectivity index (χ0) is 22.0. The number of nitrogens with one attached hydrogen (secondary N) is 2. The molecular formula is C20H20ClF3N6O. The summed E-state index contributed by atoms with van der Waals surface area (Å²) in [6.45, 7) is 2.35. The third-order valence-electron chi connectivity index (χ3n) is 4.92. The topological polar surface area (TPSA) is 76.9 Å². The van der Waals surface area contributed by atoms with Crippen molar-refractivity contribution < 1.29 is 17.9 Å². The maximum absolute atomic E-state index is 12.9. The number of alkyl halides is 3. The molecule has 2 N–H and O–H groups in total. The van der Waals surface area contributed by atoms with Gasteiger partial charge in [0.25, 0.3) is 0 Å². The minimum absolute atomic E-state index is 0.0397. The molecule has 1 aliphatic rings. The highest BCUT2D eigenvalue weighted by molar-refractivity contribution is 6.28. The predicted molar refractivity (Wildman–Crippen MR) is 110 cm³/mol. The first-order valence-corrected chi connectivity index (χ1v) is 9.96. The second-order valence-corrected chi connectivity index (χ2v) is 7.47. The highest BCUT2D eigenvalue weighted by Gasteiger charge is 2.34. The van der Waals surface area contributed by atoms with Gasteiger partial charge in [-0.3, -0.25) is 0 Å². The number of hydrogen-bond acceptors (Lipinski definition) is 6. The first-order valence-electron chi connectivity index (χ1n) is 9.58. The maximum Gasteiger partial charge on any atom is 0.434 e. The summed E-state index contributed by atoms with van der Waals surface area (Å²) in [7, 11) is 1.54. The van der Waals surface area contributed by atoms with Crippen LogP contribution in [0.5, 0.6) is 0 Å². The number of aromatic nitrogens is 4. The van der Waals surface area contributed by atoms with E-state index < -0.39 is 11.9 Å². The molecule has 3 aromatic rings. The number of halogens is 4. The summed E-state index contributed by atoms with van der Waals surface area (Å²) in [5, 5.41) is 6.75. The van der Waals surface area contributed by atoms with Crippen LogP contribution in [0.25, 0.3) is 11.4 Å². The molecule has 11 heteroatoms. The first-order chi connectivity index (χ1) is 14.8. The van der Waals surface area contributed by atoms with E-state index >= 15 is 0 Å². The molecule has 0 amide bonds. The van der Waals surface area contributed by atoms with Crippen LogP contribution in [0.15, 0.2) is 36.7 Å². The van der Waals surface area contributed by atoms with Gasteiger partial charge in [0.15, 0.2) is 5.69 Å². The molecule has 1 aliphatic heterocycles. The van der Waals surface area contributed by atoms with Crippen LogP contribution in [-0.2, 0) is 24.5 Å². The number of benzene rings is 1. The molecule has 164 valence electrons. The summed E-state index contributed by atoms with van der Waals surface area (Å²) in [4.78, 5) is 12.1. The van der Waals surface area contributed by atoms with Crippen LogP contribution in [0.3, 0.4) is 0 Å². The third kappa shape index (κ3) is 4.97. The zero-order valence-corrected chi connectivity index (χ0v) is 17.3. The van der Waals surface area contributed by atoms with Crippen molar-refractivity contribution in [3.8, 4) is 11.4 Å². The number of aryl methyl sites for hydroxylation is 1. The van der Waals surface area contributed by atoms with Crippen LogP contribution >= 0.6 is 11.6 Å². The number of imidazole rings is 1. The predicted octanol–water partition coefficient (Wildman–Crippen LogP) is 3.82. The molecule has 0 bridgehead atoms. The first kappa shape index (κ1) is 21.5. The summed E-state index contributed by atoms with van der Waals surface area (Å²) in [5.41, 5.74) is 1.45. The summed E-state index contributed by atoms with van der Waals surface area (Å²) < 4.78 is 45.6. The average Bonchev–Trinajstić information content (AvgIpc) is 3.15. The quantitative estimate of drug-likeness (QED) is 0.573. The fourth-order valence-electron chi connectivity index (χ4n) is 3.36. The van der Waals surface area contributed by atoms with Crippen molar-refractivity contribution in [2.75, 3.05) is 25.1 Å². The molecule has 0 aliphatic carbocycles. The Labute approximate surface area is 181 Å². The number of nitrogens with zero attached hydrogens (tertiary/aromatic N) is 4. The summed E-state index contributed by atoms with van der Waals surface area (Å²) in [6.07, 6.45) is -1.82. The van der Waals surface area contributed by atoms with E-state index in [0.717, 1.165) is 23.9 Å². The summed E-state index contributed by atoms with van der Waals surface area (Å²) in [5.74, 6) is 0.853. The number of rotatable bonds is 5. The van der Waals surface area contributed by atoms with Crippen LogP contribution in [0.1, 0.15) is 22.9 Å². The second-order valence-electron chi connectivity index (χ2n) is 7.13. The van der Waals surface area contributed by atoms with Crippen LogP contribution in [-0.4, -0.2) is 39.3 Å². The Morgan fingerprint density at radius 2 is 2.03 bits per heavy atom. The van der Waals surface area contributed by atoms with Gasteiger partial charge in [0.1, 0.15) is 11.6 Å². The lowest BCUT2D eigenvalue weighted by atomic mass is 10.1. The molecule has 1 aromatic carbocycles. The highest BCUT2D eigenvalue weighted by Crippen LogP contribution is 2.31. The van der Waals surface area contributed by atoms with Gasteiger partial charge in [-0.05, 0) is 17.2 Å². The smallest absolute Gasteiger partial charge is 0.378 e. The van der Waals surface area contributed by atoms with Gasteiger partial charge < -0.3 is 19.9 Å². The van der Waals surface area contributed by atoms with Gasteiger partial charge in [0.05, 0.1) is 19.3 Å². The minimum atomic E-state index is -4.48. The second kappa shape index (κ2) is 8.81. The normalized spacial score (nSPS) is 17.0. The third-order valence-corrected chi connectivity index (χ3v) is 5.11. The largest absolute Gasteiger partial charge is 0.434 e. The molecular weight excluding hydrogens is 433 g/mol. The molecule has 0 spiro atoms. The van der Waals surface area contributed by atoms with Crippen molar-refractivity contribution in [2.45, 2.75) is 18.8 Å². The van der Waals surface area contributed by atoms with Gasteiger partial charge in [0, 0.05) is 43.7 Å². The number of morpholine rings is 1. The average molecular weight is 453 g/mol.